The summed E-state index contributed by atoms with van der Waals surface area (Å²) in [4.78, 5) is 20.4. The minimum Gasteiger partial charge on any atom is -0.478 e. The highest BCUT2D eigenvalue weighted by molar-refractivity contribution is 5.93. The molecule has 0 radical (unpaired) electrons. The van der Waals surface area contributed by atoms with Gasteiger partial charge < -0.3 is 10.0 Å². The molecule has 5 heteroatoms. The van der Waals surface area contributed by atoms with Crippen molar-refractivity contribution in [3.63, 3.8) is 0 Å². The summed E-state index contributed by atoms with van der Waals surface area (Å²) < 4.78 is 0. The molecule has 1 aromatic carbocycles. The van der Waals surface area contributed by atoms with Crippen LogP contribution in [0.15, 0.2) is 42.6 Å². The van der Waals surface area contributed by atoms with Crippen LogP contribution >= 0.6 is 0 Å². The Labute approximate surface area is 155 Å². The third kappa shape index (κ3) is 3.88. The Hall–Kier alpha value is -2.40. The van der Waals surface area contributed by atoms with Crippen molar-refractivity contribution in [3.05, 3.63) is 59.3 Å². The number of carboxylic acids is 1. The maximum absolute atomic E-state index is 11.5. The normalized spacial score (nSPS) is 17.0. The van der Waals surface area contributed by atoms with Crippen LogP contribution in [-0.2, 0) is 13.0 Å². The molecule has 2 aromatic rings. The van der Waals surface area contributed by atoms with Gasteiger partial charge in [-0.2, -0.15) is 0 Å². The minimum atomic E-state index is -0.916. The number of aromatic nitrogens is 1. The van der Waals surface area contributed by atoms with Crippen LogP contribution in [0, 0.1) is 0 Å². The van der Waals surface area contributed by atoms with E-state index in [4.69, 9.17) is 0 Å². The van der Waals surface area contributed by atoms with Crippen LogP contribution in [0.2, 0.25) is 0 Å². The fourth-order valence-corrected chi connectivity index (χ4v) is 3.82. The Morgan fingerprint density at radius 1 is 1.23 bits per heavy atom. The van der Waals surface area contributed by atoms with E-state index in [0.717, 1.165) is 39.0 Å². The van der Waals surface area contributed by atoms with Crippen molar-refractivity contribution in [1.82, 2.24) is 9.88 Å². The topological polar surface area (TPSA) is 56.7 Å². The van der Waals surface area contributed by atoms with Crippen LogP contribution < -0.4 is 4.90 Å². The van der Waals surface area contributed by atoms with E-state index >= 15 is 0 Å². The fraction of sp³-hybridized carbons (Fsp3) is 0.429. The van der Waals surface area contributed by atoms with Gasteiger partial charge in [-0.3, -0.25) is 4.90 Å². The molecule has 26 heavy (non-hydrogen) atoms. The zero-order chi connectivity index (χ0) is 18.5. The summed E-state index contributed by atoms with van der Waals surface area (Å²) in [5.41, 5.74) is 3.07. The lowest BCUT2D eigenvalue weighted by atomic mass is 10.0. The summed E-state index contributed by atoms with van der Waals surface area (Å²) in [5, 5.41) is 9.42. The molecule has 138 valence electrons. The smallest absolute Gasteiger partial charge is 0.339 e. The monoisotopic (exact) mass is 353 g/mol. The molecule has 0 bridgehead atoms. The molecule has 0 amide bonds. The number of nitrogens with zero attached hydrogens (tertiary/aromatic N) is 3. The van der Waals surface area contributed by atoms with Gasteiger partial charge in [-0.1, -0.05) is 38.1 Å². The highest BCUT2D eigenvalue weighted by Crippen LogP contribution is 2.26. The third-order valence-electron chi connectivity index (χ3n) is 5.28. The molecule has 1 aliphatic rings. The van der Waals surface area contributed by atoms with Gasteiger partial charge in [0.2, 0.25) is 0 Å². The van der Waals surface area contributed by atoms with Crippen LogP contribution in [0.5, 0.6) is 0 Å². The lowest BCUT2D eigenvalue weighted by molar-refractivity contribution is 0.0697. The summed E-state index contributed by atoms with van der Waals surface area (Å²) in [6.45, 7) is 7.96. The van der Waals surface area contributed by atoms with E-state index in [0.29, 0.717) is 11.9 Å². The van der Waals surface area contributed by atoms with E-state index in [9.17, 15) is 9.90 Å². The quantitative estimate of drug-likeness (QED) is 0.826. The lowest BCUT2D eigenvalue weighted by Gasteiger charge is -2.29. The predicted octanol–water partition coefficient (Wildman–Crippen LogP) is 3.44. The number of likely N-dealkylation sites (N-methyl/N-ethyl adjacent to an activating group) is 1. The van der Waals surface area contributed by atoms with E-state index < -0.39 is 5.97 Å². The predicted molar refractivity (Wildman–Crippen MR) is 104 cm³/mol. The highest BCUT2D eigenvalue weighted by Gasteiger charge is 2.30. The van der Waals surface area contributed by atoms with Crippen LogP contribution in [0.4, 0.5) is 5.82 Å². The second-order valence-corrected chi connectivity index (χ2v) is 6.75. The van der Waals surface area contributed by atoms with Gasteiger partial charge >= 0.3 is 5.97 Å². The van der Waals surface area contributed by atoms with Gasteiger partial charge in [0, 0.05) is 31.9 Å². The number of aromatic carboxylic acids is 1. The van der Waals surface area contributed by atoms with E-state index in [-0.39, 0.29) is 5.56 Å². The Morgan fingerprint density at radius 2 is 2.00 bits per heavy atom. The van der Waals surface area contributed by atoms with Gasteiger partial charge in [0.25, 0.3) is 0 Å². The molecule has 0 aliphatic carbocycles. The maximum Gasteiger partial charge on any atom is 0.339 e. The molecule has 2 heterocycles. The number of carbonyl (C=O) groups is 1. The first kappa shape index (κ1) is 18.4. The van der Waals surface area contributed by atoms with Crippen molar-refractivity contribution in [1.29, 1.82) is 0 Å². The minimum absolute atomic E-state index is 0.285. The van der Waals surface area contributed by atoms with Crippen LogP contribution in [0.3, 0.4) is 0 Å². The van der Waals surface area contributed by atoms with Crippen LogP contribution in [0.1, 0.15) is 41.8 Å². The van der Waals surface area contributed by atoms with E-state index in [1.807, 2.05) is 0 Å². The Morgan fingerprint density at radius 3 is 2.69 bits per heavy atom. The molecule has 1 atom stereocenters. The first-order chi connectivity index (χ1) is 12.6. The number of hydrogen-bond donors (Lipinski definition) is 1. The first-order valence-corrected chi connectivity index (χ1v) is 9.38. The second kappa shape index (κ2) is 8.32. The first-order valence-electron chi connectivity index (χ1n) is 9.38. The Kier molecular flexibility index (Phi) is 5.89. The van der Waals surface area contributed by atoms with E-state index in [1.165, 1.54) is 11.1 Å². The van der Waals surface area contributed by atoms with Crippen molar-refractivity contribution in [3.8, 4) is 0 Å². The SMILES string of the molecule is CCc1ccccc1CN(CC)[C@H]1CCN(c2ncccc2C(=O)O)C1. The molecule has 1 aromatic heterocycles. The second-order valence-electron chi connectivity index (χ2n) is 6.75. The van der Waals surface area contributed by atoms with Crippen LogP contribution in [0.25, 0.3) is 0 Å². The number of benzene rings is 1. The molecule has 0 unspecified atom stereocenters. The van der Waals surface area contributed by atoms with Crippen molar-refractivity contribution in [2.24, 2.45) is 0 Å². The molecule has 1 aliphatic heterocycles. The number of hydrogen-bond acceptors (Lipinski definition) is 4. The molecular formula is C21H27N3O2. The molecule has 1 saturated heterocycles. The Bertz CT molecular complexity index is 762. The van der Waals surface area contributed by atoms with Gasteiger partial charge in [-0.25, -0.2) is 9.78 Å². The molecular weight excluding hydrogens is 326 g/mol. The van der Waals surface area contributed by atoms with Crippen molar-refractivity contribution < 1.29 is 9.90 Å². The van der Waals surface area contributed by atoms with Gasteiger partial charge in [-0.05, 0) is 42.6 Å². The lowest BCUT2D eigenvalue weighted by Crippen LogP contribution is -2.37. The fourth-order valence-electron chi connectivity index (χ4n) is 3.82. The zero-order valence-electron chi connectivity index (χ0n) is 15.6. The van der Waals surface area contributed by atoms with E-state index in [2.05, 4.69) is 52.9 Å². The summed E-state index contributed by atoms with van der Waals surface area (Å²) >= 11 is 0. The molecule has 0 saturated carbocycles. The molecule has 5 nitrogen and oxygen atoms in total. The number of aryl methyl sites for hydroxylation is 1. The Balaban J connectivity index is 1.74. The standard InChI is InChI=1S/C21H27N3O2/c1-3-16-8-5-6-9-17(16)14-23(4-2)18-11-13-24(15-18)20-19(21(25)26)10-7-12-22-20/h5-10,12,18H,3-4,11,13-15H2,1-2H3,(H,25,26)/t18-/m0/s1. The largest absolute Gasteiger partial charge is 0.478 e. The van der Waals surface area contributed by atoms with Crippen molar-refractivity contribution in [2.45, 2.75) is 39.3 Å². The summed E-state index contributed by atoms with van der Waals surface area (Å²) in [5.74, 6) is -0.326. The average Bonchev–Trinajstić information content (AvgIpc) is 3.16. The number of pyridine rings is 1. The number of carboxylic acid groups (broad SMARTS) is 1. The van der Waals surface area contributed by atoms with Crippen LogP contribution in [-0.4, -0.2) is 46.6 Å². The average molecular weight is 353 g/mol. The summed E-state index contributed by atoms with van der Waals surface area (Å²) in [7, 11) is 0. The van der Waals surface area contributed by atoms with Crippen molar-refractivity contribution >= 4 is 11.8 Å². The molecule has 3 rings (SSSR count). The third-order valence-corrected chi connectivity index (χ3v) is 5.28. The number of rotatable bonds is 7. The summed E-state index contributed by atoms with van der Waals surface area (Å²) in [6.07, 6.45) is 3.74. The molecule has 1 N–H and O–H groups in total. The molecule has 1 fully saturated rings. The van der Waals surface area contributed by atoms with E-state index in [1.54, 1.807) is 18.3 Å². The maximum atomic E-state index is 11.5. The molecule has 0 spiro atoms. The number of anilines is 1. The van der Waals surface area contributed by atoms with Crippen molar-refractivity contribution in [2.75, 3.05) is 24.5 Å². The van der Waals surface area contributed by atoms with Gasteiger partial charge in [0.15, 0.2) is 0 Å². The highest BCUT2D eigenvalue weighted by atomic mass is 16.4. The summed E-state index contributed by atoms with van der Waals surface area (Å²) in [6, 6.07) is 12.4. The van der Waals surface area contributed by atoms with Gasteiger partial charge in [0.1, 0.15) is 11.4 Å². The van der Waals surface area contributed by atoms with Gasteiger partial charge in [0.05, 0.1) is 0 Å². The van der Waals surface area contributed by atoms with Gasteiger partial charge in [-0.15, -0.1) is 0 Å². The zero-order valence-corrected chi connectivity index (χ0v) is 15.6.